The molecule has 41 heavy (non-hydrogen) atoms. The first-order chi connectivity index (χ1) is 19.8. The van der Waals surface area contributed by atoms with Crippen molar-refractivity contribution in [1.29, 1.82) is 5.26 Å². The molecule has 1 aromatic heterocycles. The lowest BCUT2D eigenvalue weighted by molar-refractivity contribution is -0.130. The van der Waals surface area contributed by atoms with Crippen molar-refractivity contribution in [3.05, 3.63) is 84.1 Å². The van der Waals surface area contributed by atoms with Crippen LogP contribution in [0.2, 0.25) is 0 Å². The molecule has 5 rings (SSSR count). The first kappa shape index (κ1) is 27.6. The van der Waals surface area contributed by atoms with Gasteiger partial charge in [-0.15, -0.1) is 0 Å². The summed E-state index contributed by atoms with van der Waals surface area (Å²) >= 11 is 0. The van der Waals surface area contributed by atoms with Crippen LogP contribution in [0.1, 0.15) is 45.4 Å². The molecule has 3 aromatic carbocycles. The summed E-state index contributed by atoms with van der Waals surface area (Å²) in [7, 11) is 0. The molecule has 0 fully saturated rings. The topological polar surface area (TPSA) is 111 Å². The van der Waals surface area contributed by atoms with Gasteiger partial charge in [0.25, 0.3) is 5.91 Å². The Morgan fingerprint density at radius 1 is 1.00 bits per heavy atom. The number of nitrogens with one attached hydrogen (secondary N) is 1. The van der Waals surface area contributed by atoms with Gasteiger partial charge in [-0.1, -0.05) is 56.3 Å². The third-order valence-corrected chi connectivity index (χ3v) is 7.78. The van der Waals surface area contributed by atoms with E-state index in [2.05, 4.69) is 11.4 Å². The number of nitrogens with zero attached hydrogens (tertiary/aromatic N) is 5. The van der Waals surface area contributed by atoms with Gasteiger partial charge in [0.2, 0.25) is 11.8 Å². The highest BCUT2D eigenvalue weighted by molar-refractivity contribution is 6.08. The Bertz CT molecular complexity index is 1690. The second kappa shape index (κ2) is 11.3. The Balaban J connectivity index is 1.66. The van der Waals surface area contributed by atoms with Gasteiger partial charge < -0.3 is 15.1 Å². The van der Waals surface area contributed by atoms with E-state index in [1.165, 1.54) is 6.92 Å². The molecule has 0 radical (unpaired) electrons. The van der Waals surface area contributed by atoms with Crippen LogP contribution >= 0.6 is 0 Å². The summed E-state index contributed by atoms with van der Waals surface area (Å²) in [6, 6.07) is 22.8. The number of carbonyl (C=O) groups is 3. The summed E-state index contributed by atoms with van der Waals surface area (Å²) in [6.45, 7) is 7.06. The zero-order valence-electron chi connectivity index (χ0n) is 23.5. The van der Waals surface area contributed by atoms with Crippen LogP contribution in [-0.4, -0.2) is 39.6 Å². The number of para-hydroxylation sites is 4. The minimum Gasteiger partial charge on any atom is -0.342 e. The normalized spacial score (nSPS) is 17.5. The fraction of sp³-hybridized carbons (Fsp3) is 0.281. The second-order valence-corrected chi connectivity index (χ2v) is 10.3. The molecule has 1 aliphatic heterocycles. The molecule has 0 spiro atoms. The van der Waals surface area contributed by atoms with E-state index in [0.717, 1.165) is 10.9 Å². The molecule has 0 bridgehead atoms. The van der Waals surface area contributed by atoms with E-state index in [0.29, 0.717) is 34.7 Å². The van der Waals surface area contributed by atoms with Gasteiger partial charge in [-0.2, -0.15) is 10.4 Å². The molecule has 208 valence electrons. The maximum atomic E-state index is 14.3. The maximum Gasteiger partial charge on any atom is 0.252 e. The van der Waals surface area contributed by atoms with Gasteiger partial charge in [0.05, 0.1) is 46.4 Å². The fourth-order valence-corrected chi connectivity index (χ4v) is 5.37. The average molecular weight is 549 g/mol. The number of anilines is 2. The molecule has 1 N–H and O–H groups in total. The number of fused-ring (bicyclic) bond motifs is 2. The van der Waals surface area contributed by atoms with Crippen LogP contribution in [0.3, 0.4) is 0 Å². The minimum absolute atomic E-state index is 0.0895. The molecular weight excluding hydrogens is 516 g/mol. The van der Waals surface area contributed by atoms with Crippen molar-refractivity contribution in [2.75, 3.05) is 9.80 Å². The highest BCUT2D eigenvalue weighted by atomic mass is 16.2. The van der Waals surface area contributed by atoms with Crippen molar-refractivity contribution in [1.82, 2.24) is 15.1 Å². The standard InChI is InChI=1S/C32H32N6O3/c1-5-20(2)31(40)34-30-21(3)37(22(4)39)29-17-11-10-16-28(29)36(32(30)41)19-25-24-13-7-9-15-27(24)38(35-25)26-14-8-6-12-23(26)18-33/h6-17,20-21,30H,5,19H2,1-4H3,(H,34,40)/t20-,21+,30+/m1/s1. The Hall–Kier alpha value is -4.97. The van der Waals surface area contributed by atoms with Crippen molar-refractivity contribution in [2.45, 2.75) is 52.7 Å². The molecule has 9 nitrogen and oxygen atoms in total. The van der Waals surface area contributed by atoms with Crippen LogP contribution in [0.15, 0.2) is 72.8 Å². The lowest BCUT2D eigenvalue weighted by atomic mass is 10.0. The highest BCUT2D eigenvalue weighted by Crippen LogP contribution is 2.37. The van der Waals surface area contributed by atoms with E-state index >= 15 is 0 Å². The number of hydrogen-bond donors (Lipinski definition) is 1. The van der Waals surface area contributed by atoms with E-state index in [4.69, 9.17) is 5.10 Å². The molecule has 3 atom stereocenters. The van der Waals surface area contributed by atoms with E-state index in [1.54, 1.807) is 39.6 Å². The zero-order valence-corrected chi connectivity index (χ0v) is 23.5. The van der Waals surface area contributed by atoms with E-state index in [-0.39, 0.29) is 30.2 Å². The predicted molar refractivity (Wildman–Crippen MR) is 157 cm³/mol. The summed E-state index contributed by atoms with van der Waals surface area (Å²) in [5, 5.41) is 18.4. The van der Waals surface area contributed by atoms with Crippen LogP contribution in [0.4, 0.5) is 11.4 Å². The highest BCUT2D eigenvalue weighted by Gasteiger charge is 2.41. The van der Waals surface area contributed by atoms with Crippen LogP contribution < -0.4 is 15.1 Å². The average Bonchev–Trinajstić information content (AvgIpc) is 3.32. The predicted octanol–water partition coefficient (Wildman–Crippen LogP) is 4.72. The molecule has 3 amide bonds. The third-order valence-electron chi connectivity index (χ3n) is 7.78. The second-order valence-electron chi connectivity index (χ2n) is 10.3. The van der Waals surface area contributed by atoms with Crippen molar-refractivity contribution in [3.63, 3.8) is 0 Å². The van der Waals surface area contributed by atoms with Crippen LogP contribution in [0.25, 0.3) is 16.6 Å². The van der Waals surface area contributed by atoms with Crippen LogP contribution in [0.5, 0.6) is 0 Å². The molecule has 0 saturated carbocycles. The number of hydrogen-bond acceptors (Lipinski definition) is 5. The van der Waals surface area contributed by atoms with Crippen LogP contribution in [-0.2, 0) is 20.9 Å². The van der Waals surface area contributed by atoms with Gasteiger partial charge >= 0.3 is 0 Å². The van der Waals surface area contributed by atoms with Gasteiger partial charge in [-0.3, -0.25) is 14.4 Å². The SMILES string of the molecule is CC[C@@H](C)C(=O)N[C@@H]1C(=O)N(Cc2nn(-c3ccccc3C#N)c3ccccc23)c2ccccc2N(C(C)=O)[C@H]1C. The van der Waals surface area contributed by atoms with Gasteiger partial charge in [-0.05, 0) is 43.7 Å². The molecule has 9 heteroatoms. The number of aromatic nitrogens is 2. The quantitative estimate of drug-likeness (QED) is 0.375. The first-order valence-electron chi connectivity index (χ1n) is 13.7. The number of benzene rings is 3. The van der Waals surface area contributed by atoms with Gasteiger partial charge in [0.15, 0.2) is 0 Å². The smallest absolute Gasteiger partial charge is 0.252 e. The Morgan fingerprint density at radius 3 is 2.32 bits per heavy atom. The molecule has 2 heterocycles. The van der Waals surface area contributed by atoms with Crippen molar-refractivity contribution in [3.8, 4) is 11.8 Å². The zero-order chi connectivity index (χ0) is 29.3. The monoisotopic (exact) mass is 548 g/mol. The molecule has 4 aromatic rings. The number of nitriles is 1. The Morgan fingerprint density at radius 2 is 1.63 bits per heavy atom. The largest absolute Gasteiger partial charge is 0.342 e. The number of carbonyl (C=O) groups excluding carboxylic acids is 3. The number of rotatable bonds is 6. The summed E-state index contributed by atoms with van der Waals surface area (Å²) in [5.74, 6) is -1.10. The fourth-order valence-electron chi connectivity index (χ4n) is 5.37. The molecule has 0 unspecified atom stereocenters. The van der Waals surface area contributed by atoms with Crippen molar-refractivity contribution >= 4 is 40.0 Å². The van der Waals surface area contributed by atoms with E-state index in [9.17, 15) is 19.6 Å². The molecule has 0 saturated heterocycles. The van der Waals surface area contributed by atoms with E-state index in [1.807, 2.05) is 68.4 Å². The Kier molecular flexibility index (Phi) is 7.58. The van der Waals surface area contributed by atoms with Gasteiger partial charge in [0, 0.05) is 18.2 Å². The number of amides is 3. The lowest BCUT2D eigenvalue weighted by Crippen LogP contribution is -2.58. The Labute approximate surface area is 239 Å². The van der Waals surface area contributed by atoms with Crippen LogP contribution in [0, 0.1) is 17.2 Å². The van der Waals surface area contributed by atoms with Crippen molar-refractivity contribution in [2.24, 2.45) is 5.92 Å². The summed E-state index contributed by atoms with van der Waals surface area (Å²) in [5.41, 5.74) is 3.65. The van der Waals surface area contributed by atoms with E-state index < -0.39 is 12.1 Å². The first-order valence-corrected chi connectivity index (χ1v) is 13.7. The van der Waals surface area contributed by atoms with Crippen molar-refractivity contribution < 1.29 is 14.4 Å². The maximum absolute atomic E-state index is 14.3. The molecule has 0 aliphatic carbocycles. The molecular formula is C32H32N6O3. The summed E-state index contributed by atoms with van der Waals surface area (Å²) < 4.78 is 1.73. The van der Waals surface area contributed by atoms with Gasteiger partial charge in [-0.25, -0.2) is 4.68 Å². The van der Waals surface area contributed by atoms with Gasteiger partial charge in [0.1, 0.15) is 12.1 Å². The minimum atomic E-state index is -0.972. The molecule has 1 aliphatic rings. The summed E-state index contributed by atoms with van der Waals surface area (Å²) in [4.78, 5) is 43.5. The third kappa shape index (κ3) is 4.93. The lowest BCUT2D eigenvalue weighted by Gasteiger charge is -2.31. The summed E-state index contributed by atoms with van der Waals surface area (Å²) in [6.07, 6.45) is 0.620.